The lowest BCUT2D eigenvalue weighted by Crippen LogP contribution is -2.49. The van der Waals surface area contributed by atoms with Gasteiger partial charge in [0.1, 0.15) is 0 Å². The lowest BCUT2D eigenvalue weighted by molar-refractivity contribution is -0.115. The van der Waals surface area contributed by atoms with Gasteiger partial charge in [0.05, 0.1) is 12.1 Å². The SMILES string of the molecule is O=C1Cc2c(cccc2C(=O)N2CCN(c3cccc(F)c3F)CC2)N1. The number of rotatable bonds is 2. The average molecular weight is 357 g/mol. The molecule has 4 rings (SSSR count). The molecule has 7 heteroatoms. The highest BCUT2D eigenvalue weighted by atomic mass is 19.2. The minimum absolute atomic E-state index is 0.119. The Hall–Kier alpha value is -2.96. The van der Waals surface area contributed by atoms with Crippen LogP contribution in [0.4, 0.5) is 20.2 Å². The van der Waals surface area contributed by atoms with Crippen molar-refractivity contribution in [3.63, 3.8) is 0 Å². The Morgan fingerprint density at radius 2 is 1.73 bits per heavy atom. The van der Waals surface area contributed by atoms with Crippen LogP contribution in [0, 0.1) is 11.6 Å². The van der Waals surface area contributed by atoms with Crippen molar-refractivity contribution >= 4 is 23.2 Å². The summed E-state index contributed by atoms with van der Waals surface area (Å²) in [4.78, 5) is 27.9. The van der Waals surface area contributed by atoms with Crippen LogP contribution in [0.1, 0.15) is 15.9 Å². The standard InChI is InChI=1S/C19H17F2N3O2/c20-14-4-2-6-16(18(14)21)23-7-9-24(10-8-23)19(26)12-3-1-5-15-13(12)11-17(25)22-15/h1-6H,7-11H2,(H,22,25). The molecule has 1 fully saturated rings. The molecule has 0 spiro atoms. The minimum Gasteiger partial charge on any atom is -0.366 e. The molecule has 134 valence electrons. The van der Waals surface area contributed by atoms with Crippen LogP contribution >= 0.6 is 0 Å². The number of amides is 2. The summed E-state index contributed by atoms with van der Waals surface area (Å²) in [5.74, 6) is -2.00. The number of hydrogen-bond acceptors (Lipinski definition) is 3. The van der Waals surface area contributed by atoms with Crippen molar-refractivity contribution < 1.29 is 18.4 Å². The summed E-state index contributed by atoms with van der Waals surface area (Å²) in [7, 11) is 0. The smallest absolute Gasteiger partial charge is 0.254 e. The maximum absolute atomic E-state index is 14.0. The zero-order valence-electron chi connectivity index (χ0n) is 14.0. The van der Waals surface area contributed by atoms with Gasteiger partial charge in [-0.1, -0.05) is 12.1 Å². The zero-order chi connectivity index (χ0) is 18.3. The minimum atomic E-state index is -0.877. The van der Waals surface area contributed by atoms with E-state index in [-0.39, 0.29) is 23.9 Å². The van der Waals surface area contributed by atoms with Crippen molar-refractivity contribution in [1.29, 1.82) is 0 Å². The first-order valence-electron chi connectivity index (χ1n) is 8.44. The van der Waals surface area contributed by atoms with Crippen molar-refractivity contribution in [3.05, 3.63) is 59.2 Å². The van der Waals surface area contributed by atoms with Crippen LogP contribution in [-0.4, -0.2) is 42.9 Å². The number of halogens is 2. The fraction of sp³-hybridized carbons (Fsp3) is 0.263. The van der Waals surface area contributed by atoms with Gasteiger partial charge < -0.3 is 15.1 Å². The van der Waals surface area contributed by atoms with Crippen molar-refractivity contribution in [3.8, 4) is 0 Å². The van der Waals surface area contributed by atoms with E-state index in [0.29, 0.717) is 37.4 Å². The highest BCUT2D eigenvalue weighted by Gasteiger charge is 2.29. The summed E-state index contributed by atoms with van der Waals surface area (Å²) in [6.07, 6.45) is 0.200. The summed E-state index contributed by atoms with van der Waals surface area (Å²) < 4.78 is 27.4. The number of nitrogens with zero attached hydrogens (tertiary/aromatic N) is 2. The van der Waals surface area contributed by atoms with Crippen LogP contribution in [0.3, 0.4) is 0 Å². The van der Waals surface area contributed by atoms with Gasteiger partial charge in [-0.2, -0.15) is 0 Å². The van der Waals surface area contributed by atoms with Gasteiger partial charge in [-0.25, -0.2) is 8.78 Å². The summed E-state index contributed by atoms with van der Waals surface area (Å²) in [6.45, 7) is 1.64. The number of benzene rings is 2. The predicted octanol–water partition coefficient (Wildman–Crippen LogP) is 2.42. The van der Waals surface area contributed by atoms with E-state index in [9.17, 15) is 18.4 Å². The normalized spacial score (nSPS) is 16.5. The molecule has 0 unspecified atom stereocenters. The van der Waals surface area contributed by atoms with E-state index in [2.05, 4.69) is 5.32 Å². The van der Waals surface area contributed by atoms with E-state index < -0.39 is 11.6 Å². The van der Waals surface area contributed by atoms with Crippen LogP contribution in [0.25, 0.3) is 0 Å². The Morgan fingerprint density at radius 3 is 2.50 bits per heavy atom. The molecule has 26 heavy (non-hydrogen) atoms. The van der Waals surface area contributed by atoms with Gasteiger partial charge in [0.15, 0.2) is 11.6 Å². The van der Waals surface area contributed by atoms with Crippen molar-refractivity contribution in [2.24, 2.45) is 0 Å². The Bertz CT molecular complexity index is 892. The second kappa shape index (κ2) is 6.40. The number of hydrogen-bond donors (Lipinski definition) is 1. The molecule has 2 aromatic carbocycles. The number of carbonyl (C=O) groups excluding carboxylic acids is 2. The quantitative estimate of drug-likeness (QED) is 0.898. The molecule has 2 aromatic rings. The molecule has 0 aromatic heterocycles. The lowest BCUT2D eigenvalue weighted by atomic mass is 10.0. The molecule has 0 radical (unpaired) electrons. The van der Waals surface area contributed by atoms with E-state index in [4.69, 9.17) is 0 Å². The third kappa shape index (κ3) is 2.79. The van der Waals surface area contributed by atoms with Crippen LogP contribution in [0.15, 0.2) is 36.4 Å². The molecule has 2 aliphatic rings. The number of carbonyl (C=O) groups is 2. The van der Waals surface area contributed by atoms with Gasteiger partial charge in [0.2, 0.25) is 5.91 Å². The third-order valence-electron chi connectivity index (χ3n) is 4.86. The molecule has 0 atom stereocenters. The van der Waals surface area contributed by atoms with E-state index in [1.807, 2.05) is 0 Å². The maximum Gasteiger partial charge on any atom is 0.254 e. The highest BCUT2D eigenvalue weighted by Crippen LogP contribution is 2.28. The fourth-order valence-corrected chi connectivity index (χ4v) is 3.51. The van der Waals surface area contributed by atoms with Gasteiger partial charge in [0.25, 0.3) is 5.91 Å². The summed E-state index contributed by atoms with van der Waals surface area (Å²) in [6, 6.07) is 9.35. The Kier molecular flexibility index (Phi) is 4.06. The summed E-state index contributed by atoms with van der Waals surface area (Å²) >= 11 is 0. The van der Waals surface area contributed by atoms with E-state index in [0.717, 1.165) is 11.6 Å². The van der Waals surface area contributed by atoms with Gasteiger partial charge >= 0.3 is 0 Å². The average Bonchev–Trinajstić information content (AvgIpc) is 3.04. The molecule has 1 saturated heterocycles. The molecule has 1 N–H and O–H groups in total. The fourth-order valence-electron chi connectivity index (χ4n) is 3.51. The first kappa shape index (κ1) is 16.5. The third-order valence-corrected chi connectivity index (χ3v) is 4.86. The number of anilines is 2. The Balaban J connectivity index is 1.49. The van der Waals surface area contributed by atoms with Gasteiger partial charge in [-0.15, -0.1) is 0 Å². The van der Waals surface area contributed by atoms with Crippen LogP contribution < -0.4 is 10.2 Å². The number of fused-ring (bicyclic) bond motifs is 1. The molecule has 0 saturated carbocycles. The molecule has 5 nitrogen and oxygen atoms in total. The second-order valence-electron chi connectivity index (χ2n) is 6.41. The number of piperazine rings is 1. The summed E-state index contributed by atoms with van der Waals surface area (Å²) in [5, 5.41) is 2.74. The topological polar surface area (TPSA) is 52.7 Å². The monoisotopic (exact) mass is 357 g/mol. The highest BCUT2D eigenvalue weighted by molar-refractivity contribution is 6.05. The first-order valence-corrected chi connectivity index (χ1v) is 8.44. The molecule has 2 aliphatic heterocycles. The van der Waals surface area contributed by atoms with E-state index in [1.165, 1.54) is 12.1 Å². The Labute approximate surface area is 149 Å². The zero-order valence-corrected chi connectivity index (χ0v) is 14.0. The van der Waals surface area contributed by atoms with Crippen molar-refractivity contribution in [2.45, 2.75) is 6.42 Å². The second-order valence-corrected chi connectivity index (χ2v) is 6.41. The van der Waals surface area contributed by atoms with E-state index >= 15 is 0 Å². The van der Waals surface area contributed by atoms with Crippen molar-refractivity contribution in [2.75, 3.05) is 36.4 Å². The molecular weight excluding hydrogens is 340 g/mol. The lowest BCUT2D eigenvalue weighted by Gasteiger charge is -2.36. The predicted molar refractivity (Wildman–Crippen MR) is 93.3 cm³/mol. The van der Waals surface area contributed by atoms with Gasteiger partial charge in [0, 0.05) is 37.4 Å². The van der Waals surface area contributed by atoms with Crippen LogP contribution in [0.2, 0.25) is 0 Å². The molecule has 2 heterocycles. The molecular formula is C19H17F2N3O2. The van der Waals surface area contributed by atoms with Gasteiger partial charge in [-0.3, -0.25) is 9.59 Å². The van der Waals surface area contributed by atoms with E-state index in [1.54, 1.807) is 28.0 Å². The molecule has 0 bridgehead atoms. The Morgan fingerprint density at radius 1 is 1.00 bits per heavy atom. The van der Waals surface area contributed by atoms with Crippen LogP contribution in [0.5, 0.6) is 0 Å². The van der Waals surface area contributed by atoms with Crippen LogP contribution in [-0.2, 0) is 11.2 Å². The largest absolute Gasteiger partial charge is 0.366 e. The first-order chi connectivity index (χ1) is 12.5. The molecule has 0 aliphatic carbocycles. The maximum atomic E-state index is 14.0. The number of nitrogens with one attached hydrogen (secondary N) is 1. The van der Waals surface area contributed by atoms with Crippen molar-refractivity contribution in [1.82, 2.24) is 4.90 Å². The molecule has 2 amide bonds. The van der Waals surface area contributed by atoms with Gasteiger partial charge in [-0.05, 0) is 29.8 Å². The summed E-state index contributed by atoms with van der Waals surface area (Å²) in [5.41, 5.74) is 2.14.